The highest BCUT2D eigenvalue weighted by Crippen LogP contribution is 2.37. The van der Waals surface area contributed by atoms with Crippen molar-refractivity contribution in [3.05, 3.63) is 114 Å². The normalized spacial score (nSPS) is 13.8. The topological polar surface area (TPSA) is 85.3 Å². The Morgan fingerprint density at radius 1 is 1.05 bits per heavy atom. The molecule has 6 heteroatoms. The first-order valence-corrected chi connectivity index (χ1v) is 12.4. The average Bonchev–Trinajstić information content (AvgIpc) is 3.59. The number of hydrogen-bond donors (Lipinski definition) is 2. The van der Waals surface area contributed by atoms with Crippen LogP contribution in [0.3, 0.4) is 0 Å². The number of benzene rings is 2. The zero-order valence-electron chi connectivity index (χ0n) is 21.8. The summed E-state index contributed by atoms with van der Waals surface area (Å²) in [6, 6.07) is 16.5. The number of halogens is 1. The lowest BCUT2D eigenvalue weighted by Crippen LogP contribution is -2.35. The highest BCUT2D eigenvalue weighted by Gasteiger charge is 2.39. The molecule has 3 N–H and O–H groups in total. The summed E-state index contributed by atoms with van der Waals surface area (Å²) < 4.78 is 15.9. The Morgan fingerprint density at radius 2 is 1.70 bits per heavy atom. The van der Waals surface area contributed by atoms with Crippen LogP contribution in [-0.2, 0) is 11.3 Å². The molecule has 0 unspecified atom stereocenters. The first-order chi connectivity index (χ1) is 17.8. The summed E-state index contributed by atoms with van der Waals surface area (Å²) in [4.78, 5) is 23.3. The molecule has 0 spiro atoms. The number of carbonyl (C=O) groups excluding carboxylic acids is 1. The zero-order valence-corrected chi connectivity index (χ0v) is 21.8. The van der Waals surface area contributed by atoms with Gasteiger partial charge in [0, 0.05) is 30.4 Å². The number of allylic oxidation sites excluding steroid dienone is 1. The van der Waals surface area contributed by atoms with Gasteiger partial charge in [0.05, 0.1) is 11.1 Å². The number of rotatable bonds is 7. The van der Waals surface area contributed by atoms with E-state index < -0.39 is 11.4 Å². The van der Waals surface area contributed by atoms with Crippen LogP contribution in [-0.4, -0.2) is 28.0 Å². The Labute approximate surface area is 219 Å². The fourth-order valence-electron chi connectivity index (χ4n) is 4.28. The van der Waals surface area contributed by atoms with E-state index in [9.17, 15) is 14.0 Å². The molecule has 4 rings (SSSR count). The second kappa shape index (κ2) is 14.1. The van der Waals surface area contributed by atoms with Gasteiger partial charge in [-0.3, -0.25) is 9.59 Å². The van der Waals surface area contributed by atoms with Crippen molar-refractivity contribution in [1.29, 1.82) is 0 Å². The molecule has 37 heavy (non-hydrogen) atoms. The lowest BCUT2D eigenvalue weighted by Gasteiger charge is -2.20. The van der Waals surface area contributed by atoms with Crippen molar-refractivity contribution in [1.82, 2.24) is 4.57 Å². The maximum Gasteiger partial charge on any atom is 0.310 e. The van der Waals surface area contributed by atoms with Gasteiger partial charge in [-0.15, -0.1) is 13.2 Å². The molecule has 0 atom stereocenters. The third-order valence-electron chi connectivity index (χ3n) is 6.60. The fraction of sp³-hybridized carbons (Fsp3) is 0.290. The molecule has 1 fully saturated rings. The lowest BCUT2D eigenvalue weighted by atomic mass is 9.87. The van der Waals surface area contributed by atoms with Crippen molar-refractivity contribution in [2.24, 2.45) is 11.1 Å². The predicted molar refractivity (Wildman–Crippen MR) is 148 cm³/mol. The molecule has 0 aliphatic heterocycles. The van der Waals surface area contributed by atoms with E-state index in [1.54, 1.807) is 25.1 Å². The summed E-state index contributed by atoms with van der Waals surface area (Å²) in [5, 5.41) is 8.78. The Kier molecular flexibility index (Phi) is 11.2. The molecule has 3 aromatic rings. The van der Waals surface area contributed by atoms with E-state index in [1.807, 2.05) is 66.2 Å². The van der Waals surface area contributed by atoms with Crippen molar-refractivity contribution >= 4 is 17.8 Å². The second-order valence-corrected chi connectivity index (χ2v) is 9.12. The number of carboxylic acid groups (broad SMARTS) is 1. The molecule has 0 bridgehead atoms. The molecular weight excluding hydrogens is 467 g/mol. The highest BCUT2D eigenvalue weighted by molar-refractivity contribution is 6.08. The summed E-state index contributed by atoms with van der Waals surface area (Å²) >= 11 is 0. The van der Waals surface area contributed by atoms with Crippen LogP contribution in [0.1, 0.15) is 58.4 Å². The minimum absolute atomic E-state index is 0.0138. The van der Waals surface area contributed by atoms with Gasteiger partial charge in [-0.2, -0.15) is 0 Å². The van der Waals surface area contributed by atoms with Crippen molar-refractivity contribution < 1.29 is 19.1 Å². The minimum atomic E-state index is -0.715. The first-order valence-electron chi connectivity index (χ1n) is 12.4. The van der Waals surface area contributed by atoms with E-state index in [0.717, 1.165) is 31.2 Å². The zero-order chi connectivity index (χ0) is 27.4. The van der Waals surface area contributed by atoms with Gasteiger partial charge in [-0.1, -0.05) is 73.0 Å². The quantitative estimate of drug-likeness (QED) is 0.281. The van der Waals surface area contributed by atoms with Crippen molar-refractivity contribution in [2.45, 2.75) is 46.1 Å². The molecule has 196 valence electrons. The molecule has 0 amide bonds. The monoisotopic (exact) mass is 504 g/mol. The summed E-state index contributed by atoms with van der Waals surface area (Å²) in [6.45, 7) is 10.5. The Bertz CT molecular complexity index is 1210. The molecule has 2 aromatic carbocycles. The third-order valence-corrected chi connectivity index (χ3v) is 6.60. The predicted octanol–water partition coefficient (Wildman–Crippen LogP) is 6.58. The fourth-order valence-corrected chi connectivity index (χ4v) is 4.28. The summed E-state index contributed by atoms with van der Waals surface area (Å²) in [5.41, 5.74) is 8.41. The van der Waals surface area contributed by atoms with Crippen LogP contribution in [0.2, 0.25) is 0 Å². The standard InChI is InChI=1S/C22H20FNO.C7H13NO2.C2H4/c1-16-10-12-19(13-11-16)22(25)20-9-5-15-24(20)14-4-8-18-7-3-6-17(2)21(18)23;8-5-7(6(9)10)3-1-2-4-7;1-2/h3-13,15H,14H2,1-2H3;1-5,8H2,(H,9,10);1-2H2/b8-4+;;. The van der Waals surface area contributed by atoms with Crippen LogP contribution in [0, 0.1) is 25.1 Å². The number of aromatic nitrogens is 1. The largest absolute Gasteiger partial charge is 0.481 e. The molecule has 1 saturated carbocycles. The average molecular weight is 505 g/mol. The second-order valence-electron chi connectivity index (χ2n) is 9.12. The maximum absolute atomic E-state index is 14.0. The van der Waals surface area contributed by atoms with E-state index in [2.05, 4.69) is 13.2 Å². The SMILES string of the molecule is C=C.Cc1ccc(C(=O)c2cccn2C/C=C/c2cccc(C)c2F)cc1.NCC1(C(=O)O)CCCC1. The molecule has 0 saturated heterocycles. The number of ketones is 1. The van der Waals surface area contributed by atoms with Crippen LogP contribution >= 0.6 is 0 Å². The van der Waals surface area contributed by atoms with Gasteiger partial charge in [0.25, 0.3) is 0 Å². The van der Waals surface area contributed by atoms with Gasteiger partial charge >= 0.3 is 5.97 Å². The summed E-state index contributed by atoms with van der Waals surface area (Å²) in [7, 11) is 0. The molecule has 1 aliphatic carbocycles. The van der Waals surface area contributed by atoms with Gasteiger partial charge in [0.2, 0.25) is 5.78 Å². The molecule has 1 aromatic heterocycles. The third kappa shape index (κ3) is 7.61. The van der Waals surface area contributed by atoms with Crippen LogP contribution in [0.5, 0.6) is 0 Å². The van der Waals surface area contributed by atoms with Crippen LogP contribution < -0.4 is 5.73 Å². The lowest BCUT2D eigenvalue weighted by molar-refractivity contribution is -0.148. The van der Waals surface area contributed by atoms with E-state index >= 15 is 0 Å². The van der Waals surface area contributed by atoms with Gasteiger partial charge in [-0.25, -0.2) is 4.39 Å². The van der Waals surface area contributed by atoms with E-state index in [4.69, 9.17) is 10.8 Å². The van der Waals surface area contributed by atoms with Crippen molar-refractivity contribution in [3.8, 4) is 0 Å². The number of aryl methyl sites for hydroxylation is 2. The van der Waals surface area contributed by atoms with Gasteiger partial charge in [0.15, 0.2) is 0 Å². The van der Waals surface area contributed by atoms with Crippen LogP contribution in [0.15, 0.2) is 80.0 Å². The first kappa shape index (κ1) is 29.5. The van der Waals surface area contributed by atoms with Gasteiger partial charge in [0.1, 0.15) is 5.82 Å². The minimum Gasteiger partial charge on any atom is -0.481 e. The molecule has 1 aliphatic rings. The summed E-state index contributed by atoms with van der Waals surface area (Å²) in [6.07, 6.45) is 9.04. The Balaban J connectivity index is 0.000000336. The van der Waals surface area contributed by atoms with Gasteiger partial charge < -0.3 is 15.4 Å². The molecule has 0 radical (unpaired) electrons. The number of hydrogen-bond acceptors (Lipinski definition) is 3. The van der Waals surface area contributed by atoms with Crippen molar-refractivity contribution in [2.75, 3.05) is 6.54 Å². The van der Waals surface area contributed by atoms with Crippen LogP contribution in [0.4, 0.5) is 4.39 Å². The maximum atomic E-state index is 14.0. The Hall–Kier alpha value is -3.77. The molecule has 5 nitrogen and oxygen atoms in total. The van der Waals surface area contributed by atoms with E-state index in [-0.39, 0.29) is 11.6 Å². The number of carboxylic acids is 1. The number of aliphatic carboxylic acids is 1. The van der Waals surface area contributed by atoms with E-state index in [1.165, 1.54) is 0 Å². The van der Waals surface area contributed by atoms with Gasteiger partial charge in [-0.05, 0) is 44.4 Å². The molecule has 1 heterocycles. The van der Waals surface area contributed by atoms with Crippen molar-refractivity contribution in [3.63, 3.8) is 0 Å². The highest BCUT2D eigenvalue weighted by atomic mass is 19.1. The van der Waals surface area contributed by atoms with E-state index in [0.29, 0.717) is 35.5 Å². The number of carbonyl (C=O) groups is 2. The molecular formula is C31H37FN2O3. The number of nitrogens with two attached hydrogens (primary N) is 1. The van der Waals surface area contributed by atoms with Crippen LogP contribution in [0.25, 0.3) is 6.08 Å². The number of nitrogens with zero attached hydrogens (tertiary/aromatic N) is 1. The smallest absolute Gasteiger partial charge is 0.310 e. The Morgan fingerprint density at radius 3 is 2.27 bits per heavy atom. The summed E-state index contributed by atoms with van der Waals surface area (Å²) in [5.74, 6) is -0.935.